The Labute approximate surface area is 184 Å². The maximum atomic E-state index is 13.0. The van der Waals surface area contributed by atoms with E-state index in [-0.39, 0.29) is 5.75 Å². The molecule has 3 heterocycles. The Morgan fingerprint density at radius 2 is 1.97 bits per heavy atom. The molecule has 3 aromatic heterocycles. The molecular formula is C21H23N5O5S. The van der Waals surface area contributed by atoms with Crippen molar-refractivity contribution >= 4 is 21.0 Å². The second-order valence-electron chi connectivity index (χ2n) is 7.33. The highest BCUT2D eigenvalue weighted by molar-refractivity contribution is 7.90. The van der Waals surface area contributed by atoms with E-state index in [1.165, 1.54) is 11.7 Å². The van der Waals surface area contributed by atoms with E-state index in [4.69, 9.17) is 9.47 Å². The van der Waals surface area contributed by atoms with Crippen LogP contribution in [0.25, 0.3) is 22.3 Å². The average molecular weight is 458 g/mol. The van der Waals surface area contributed by atoms with Crippen molar-refractivity contribution in [3.05, 3.63) is 58.9 Å². The van der Waals surface area contributed by atoms with Gasteiger partial charge in [-0.15, -0.1) is 0 Å². The van der Waals surface area contributed by atoms with Gasteiger partial charge in [-0.3, -0.25) is 9.67 Å². The minimum absolute atomic E-state index is 0.289. The number of methoxy groups -OCH3 is 1. The average Bonchev–Trinajstić information content (AvgIpc) is 3.38. The van der Waals surface area contributed by atoms with E-state index in [2.05, 4.69) is 20.2 Å². The van der Waals surface area contributed by atoms with E-state index in [9.17, 15) is 13.2 Å². The van der Waals surface area contributed by atoms with Crippen molar-refractivity contribution in [1.29, 1.82) is 0 Å². The Hall–Kier alpha value is -3.60. The maximum absolute atomic E-state index is 13.0. The normalized spacial score (nSPS) is 12.7. The number of hydrogen-bond donors (Lipinski definition) is 2. The molecule has 0 amide bonds. The lowest BCUT2D eigenvalue weighted by molar-refractivity contribution is 0.310. The minimum atomic E-state index is -3.45. The molecule has 0 saturated heterocycles. The molecule has 0 aliphatic carbocycles. The molecule has 1 unspecified atom stereocenters. The summed E-state index contributed by atoms with van der Waals surface area (Å²) in [7, 11) is -1.93. The monoisotopic (exact) mass is 457 g/mol. The number of pyridine rings is 1. The first-order valence-electron chi connectivity index (χ1n) is 9.88. The molecular weight excluding hydrogens is 434 g/mol. The second-order valence-corrected chi connectivity index (χ2v) is 9.52. The quantitative estimate of drug-likeness (QED) is 0.414. The van der Waals surface area contributed by atoms with Crippen molar-refractivity contribution in [2.75, 3.05) is 25.7 Å². The molecule has 0 saturated carbocycles. The molecule has 1 aromatic carbocycles. The van der Waals surface area contributed by atoms with Gasteiger partial charge in [-0.1, -0.05) is 6.07 Å². The lowest BCUT2D eigenvalue weighted by Crippen LogP contribution is -2.28. The van der Waals surface area contributed by atoms with Gasteiger partial charge < -0.3 is 14.5 Å². The molecule has 0 aliphatic heterocycles. The Kier molecular flexibility index (Phi) is 5.74. The fourth-order valence-corrected chi connectivity index (χ4v) is 4.56. The number of aromatic nitrogens is 5. The SMILES string of the molecule is CCOc1cc(C(CS(C)(=O)=O)n2c(=O)[nH]c3cc(-c4cn[nH]c4)cnc32)ccc1OC. The van der Waals surface area contributed by atoms with Gasteiger partial charge in [-0.05, 0) is 30.7 Å². The fourth-order valence-electron chi connectivity index (χ4n) is 3.64. The molecule has 0 bridgehead atoms. The number of aromatic amines is 2. The van der Waals surface area contributed by atoms with Crippen LogP contribution in [-0.4, -0.2) is 58.9 Å². The smallest absolute Gasteiger partial charge is 0.328 e. The van der Waals surface area contributed by atoms with Crippen LogP contribution in [0.4, 0.5) is 0 Å². The molecule has 2 N–H and O–H groups in total. The zero-order chi connectivity index (χ0) is 22.9. The van der Waals surface area contributed by atoms with Crippen molar-refractivity contribution in [3.8, 4) is 22.6 Å². The number of hydrogen-bond acceptors (Lipinski definition) is 7. The number of nitrogens with one attached hydrogen (secondary N) is 2. The highest BCUT2D eigenvalue weighted by Crippen LogP contribution is 2.33. The highest BCUT2D eigenvalue weighted by atomic mass is 32.2. The van der Waals surface area contributed by atoms with E-state index in [0.29, 0.717) is 34.8 Å². The number of ether oxygens (including phenoxy) is 2. The first kappa shape index (κ1) is 21.6. The Balaban J connectivity index is 1.88. The first-order valence-corrected chi connectivity index (χ1v) is 11.9. The van der Waals surface area contributed by atoms with Crippen LogP contribution in [0.15, 0.2) is 47.7 Å². The van der Waals surface area contributed by atoms with Crippen molar-refractivity contribution in [2.24, 2.45) is 0 Å². The van der Waals surface area contributed by atoms with E-state index in [1.54, 1.807) is 42.9 Å². The molecule has 4 rings (SSSR count). The summed E-state index contributed by atoms with van der Waals surface area (Å²) in [6, 6.07) is 6.08. The zero-order valence-corrected chi connectivity index (χ0v) is 18.6. The van der Waals surface area contributed by atoms with Gasteiger partial charge in [0.1, 0.15) is 9.84 Å². The third kappa shape index (κ3) is 4.24. The molecule has 0 spiro atoms. The zero-order valence-electron chi connectivity index (χ0n) is 17.8. The number of nitrogens with zero attached hydrogens (tertiary/aromatic N) is 3. The Bertz CT molecular complexity index is 1410. The van der Waals surface area contributed by atoms with Crippen LogP contribution >= 0.6 is 0 Å². The van der Waals surface area contributed by atoms with Gasteiger partial charge in [-0.25, -0.2) is 18.2 Å². The second kappa shape index (κ2) is 8.50. The third-order valence-corrected chi connectivity index (χ3v) is 5.95. The summed E-state index contributed by atoms with van der Waals surface area (Å²) < 4.78 is 36.9. The molecule has 168 valence electrons. The number of imidazole rings is 1. The Morgan fingerprint density at radius 3 is 2.62 bits per heavy atom. The fraction of sp³-hybridized carbons (Fsp3) is 0.286. The van der Waals surface area contributed by atoms with Gasteiger partial charge in [0.25, 0.3) is 0 Å². The van der Waals surface area contributed by atoms with Crippen molar-refractivity contribution in [2.45, 2.75) is 13.0 Å². The first-order chi connectivity index (χ1) is 15.3. The summed E-state index contributed by atoms with van der Waals surface area (Å²) in [6.07, 6.45) is 6.12. The predicted octanol–water partition coefficient (Wildman–Crippen LogP) is 2.16. The van der Waals surface area contributed by atoms with Crippen molar-refractivity contribution < 1.29 is 17.9 Å². The minimum Gasteiger partial charge on any atom is -0.493 e. The number of fused-ring (bicyclic) bond motifs is 1. The van der Waals surface area contributed by atoms with E-state index in [1.807, 2.05) is 6.92 Å². The van der Waals surface area contributed by atoms with Crippen LogP contribution < -0.4 is 15.2 Å². The summed E-state index contributed by atoms with van der Waals surface area (Å²) in [5.41, 5.74) is 2.55. The van der Waals surface area contributed by atoms with Gasteiger partial charge in [0.15, 0.2) is 17.1 Å². The largest absolute Gasteiger partial charge is 0.493 e. The molecule has 1 atom stereocenters. The lowest BCUT2D eigenvalue weighted by atomic mass is 10.1. The lowest BCUT2D eigenvalue weighted by Gasteiger charge is -2.20. The van der Waals surface area contributed by atoms with Crippen LogP contribution in [0, 0.1) is 0 Å². The van der Waals surface area contributed by atoms with Gasteiger partial charge in [-0.2, -0.15) is 5.10 Å². The van der Waals surface area contributed by atoms with E-state index >= 15 is 0 Å². The molecule has 32 heavy (non-hydrogen) atoms. The topological polar surface area (TPSA) is 132 Å². The molecule has 0 aliphatic rings. The molecule has 10 nitrogen and oxygen atoms in total. The van der Waals surface area contributed by atoms with E-state index < -0.39 is 21.6 Å². The maximum Gasteiger partial charge on any atom is 0.328 e. The van der Waals surface area contributed by atoms with Crippen LogP contribution in [0.5, 0.6) is 11.5 Å². The number of H-pyrrole nitrogens is 2. The number of benzene rings is 1. The predicted molar refractivity (Wildman–Crippen MR) is 120 cm³/mol. The van der Waals surface area contributed by atoms with Crippen LogP contribution in [0.1, 0.15) is 18.5 Å². The van der Waals surface area contributed by atoms with E-state index in [0.717, 1.165) is 17.4 Å². The number of rotatable bonds is 8. The van der Waals surface area contributed by atoms with Crippen molar-refractivity contribution in [1.82, 2.24) is 24.7 Å². The van der Waals surface area contributed by atoms with Crippen molar-refractivity contribution in [3.63, 3.8) is 0 Å². The number of sulfone groups is 1. The van der Waals surface area contributed by atoms with Crippen LogP contribution in [-0.2, 0) is 9.84 Å². The molecule has 4 aromatic rings. The van der Waals surface area contributed by atoms with Crippen LogP contribution in [0.2, 0.25) is 0 Å². The standard InChI is InChI=1S/C21H23N5O5S/c1-4-31-19-8-13(5-6-18(19)30-2)17(12-32(3,28)29)26-20-16(25-21(26)27)7-14(9-22-20)15-10-23-24-11-15/h5-11,17H,4,12H2,1-3H3,(H,23,24)(H,25,27). The third-order valence-electron chi connectivity index (χ3n) is 5.03. The summed E-state index contributed by atoms with van der Waals surface area (Å²) >= 11 is 0. The Morgan fingerprint density at radius 1 is 1.16 bits per heavy atom. The summed E-state index contributed by atoms with van der Waals surface area (Å²) in [5, 5.41) is 6.67. The van der Waals surface area contributed by atoms with Crippen LogP contribution in [0.3, 0.4) is 0 Å². The summed E-state index contributed by atoms with van der Waals surface area (Å²) in [5.74, 6) is 0.695. The van der Waals surface area contributed by atoms with Gasteiger partial charge in [0.2, 0.25) is 0 Å². The summed E-state index contributed by atoms with van der Waals surface area (Å²) in [6.45, 7) is 2.24. The highest BCUT2D eigenvalue weighted by Gasteiger charge is 2.25. The molecule has 0 radical (unpaired) electrons. The molecule has 11 heteroatoms. The molecule has 0 fully saturated rings. The van der Waals surface area contributed by atoms with Gasteiger partial charge >= 0.3 is 5.69 Å². The van der Waals surface area contributed by atoms with Gasteiger partial charge in [0, 0.05) is 29.8 Å². The summed E-state index contributed by atoms with van der Waals surface area (Å²) in [4.78, 5) is 20.2. The van der Waals surface area contributed by atoms with Gasteiger partial charge in [0.05, 0.1) is 37.2 Å².